The maximum Gasteiger partial charge on any atom is 0.253 e. The van der Waals surface area contributed by atoms with E-state index in [9.17, 15) is 4.79 Å². The Kier molecular flexibility index (Phi) is 5.94. The van der Waals surface area contributed by atoms with Crippen LogP contribution in [0.15, 0.2) is 54.6 Å². The van der Waals surface area contributed by atoms with Gasteiger partial charge in [-0.3, -0.25) is 4.79 Å². The van der Waals surface area contributed by atoms with Crippen molar-refractivity contribution in [1.29, 1.82) is 0 Å². The van der Waals surface area contributed by atoms with Gasteiger partial charge in [0.05, 0.1) is 6.61 Å². The Morgan fingerprint density at radius 2 is 1.92 bits per heavy atom. The summed E-state index contributed by atoms with van der Waals surface area (Å²) in [4.78, 5) is 14.6. The Balaban J connectivity index is 1.53. The minimum atomic E-state index is 0.0949. The van der Waals surface area contributed by atoms with Gasteiger partial charge in [0.15, 0.2) is 0 Å². The normalized spacial score (nSPS) is 16.7. The highest BCUT2D eigenvalue weighted by molar-refractivity contribution is 5.94. The summed E-state index contributed by atoms with van der Waals surface area (Å²) in [5, 5.41) is 3.50. The van der Waals surface area contributed by atoms with E-state index in [1.165, 1.54) is 0 Å². The standard InChI is InChI=1S/C21H26N2O2/c1-2-3-15-25-20-11-9-17(10-12-20)21(24)23-14-13-19(16-23)22-18-7-5-4-6-8-18/h4-12,19,22H,2-3,13-16H2,1H3. The first-order valence-corrected chi connectivity index (χ1v) is 9.10. The number of rotatable bonds is 7. The zero-order chi connectivity index (χ0) is 17.5. The molecule has 1 aliphatic rings. The Morgan fingerprint density at radius 1 is 1.16 bits per heavy atom. The third-order valence-electron chi connectivity index (χ3n) is 4.49. The van der Waals surface area contributed by atoms with Crippen molar-refractivity contribution in [2.75, 3.05) is 25.0 Å². The Bertz CT molecular complexity index is 670. The van der Waals surface area contributed by atoms with Crippen LogP contribution < -0.4 is 10.1 Å². The zero-order valence-electron chi connectivity index (χ0n) is 14.8. The van der Waals surface area contributed by atoms with Crippen LogP contribution in [0.5, 0.6) is 5.75 Å². The lowest BCUT2D eigenvalue weighted by molar-refractivity contribution is 0.0791. The van der Waals surface area contributed by atoms with E-state index >= 15 is 0 Å². The van der Waals surface area contributed by atoms with Gasteiger partial charge in [-0.15, -0.1) is 0 Å². The second-order valence-electron chi connectivity index (χ2n) is 6.47. The summed E-state index contributed by atoms with van der Waals surface area (Å²) in [5.41, 5.74) is 1.83. The monoisotopic (exact) mass is 338 g/mol. The molecule has 1 unspecified atom stereocenters. The molecule has 132 valence electrons. The quantitative estimate of drug-likeness (QED) is 0.770. The summed E-state index contributed by atoms with van der Waals surface area (Å²) in [5.74, 6) is 0.924. The number of nitrogens with one attached hydrogen (secondary N) is 1. The molecule has 2 aromatic rings. The molecule has 1 atom stereocenters. The number of likely N-dealkylation sites (tertiary alicyclic amines) is 1. The van der Waals surface area contributed by atoms with Crippen molar-refractivity contribution >= 4 is 11.6 Å². The van der Waals surface area contributed by atoms with Crippen molar-refractivity contribution in [2.24, 2.45) is 0 Å². The van der Waals surface area contributed by atoms with Gasteiger partial charge in [-0.25, -0.2) is 0 Å². The predicted molar refractivity (Wildman–Crippen MR) is 101 cm³/mol. The minimum Gasteiger partial charge on any atom is -0.494 e. The molecule has 2 aromatic carbocycles. The predicted octanol–water partition coefficient (Wildman–Crippen LogP) is 4.19. The van der Waals surface area contributed by atoms with Crippen molar-refractivity contribution in [3.05, 3.63) is 60.2 Å². The average Bonchev–Trinajstić information content (AvgIpc) is 3.11. The highest BCUT2D eigenvalue weighted by atomic mass is 16.5. The van der Waals surface area contributed by atoms with E-state index in [1.54, 1.807) is 0 Å². The first kappa shape index (κ1) is 17.3. The van der Waals surface area contributed by atoms with Crippen molar-refractivity contribution in [2.45, 2.75) is 32.2 Å². The number of anilines is 1. The molecule has 0 aliphatic carbocycles. The molecular weight excluding hydrogens is 312 g/mol. The molecule has 1 saturated heterocycles. The van der Waals surface area contributed by atoms with Crippen LogP contribution in [0.2, 0.25) is 0 Å². The van der Waals surface area contributed by atoms with Crippen LogP contribution in [0, 0.1) is 0 Å². The smallest absolute Gasteiger partial charge is 0.253 e. The largest absolute Gasteiger partial charge is 0.494 e. The average molecular weight is 338 g/mol. The van der Waals surface area contributed by atoms with Crippen LogP contribution >= 0.6 is 0 Å². The fourth-order valence-electron chi connectivity index (χ4n) is 3.04. The van der Waals surface area contributed by atoms with E-state index in [0.717, 1.165) is 56.0 Å². The van der Waals surface area contributed by atoms with Crippen LogP contribution in [0.3, 0.4) is 0 Å². The molecule has 0 aromatic heterocycles. The summed E-state index contributed by atoms with van der Waals surface area (Å²) in [6.45, 7) is 4.39. The van der Waals surface area contributed by atoms with E-state index < -0.39 is 0 Å². The number of hydrogen-bond acceptors (Lipinski definition) is 3. The zero-order valence-corrected chi connectivity index (χ0v) is 14.8. The van der Waals surface area contributed by atoms with Gasteiger partial charge < -0.3 is 15.0 Å². The van der Waals surface area contributed by atoms with E-state index in [1.807, 2.05) is 47.4 Å². The molecular formula is C21H26N2O2. The van der Waals surface area contributed by atoms with Crippen molar-refractivity contribution in [3.8, 4) is 5.75 Å². The van der Waals surface area contributed by atoms with E-state index in [0.29, 0.717) is 6.04 Å². The van der Waals surface area contributed by atoms with Gasteiger partial charge in [0, 0.05) is 30.4 Å². The van der Waals surface area contributed by atoms with Crippen LogP contribution in [0.4, 0.5) is 5.69 Å². The molecule has 0 saturated carbocycles. The summed E-state index contributed by atoms with van der Waals surface area (Å²) >= 11 is 0. The van der Waals surface area contributed by atoms with E-state index in [4.69, 9.17) is 4.74 Å². The van der Waals surface area contributed by atoms with Gasteiger partial charge in [0.1, 0.15) is 5.75 Å². The van der Waals surface area contributed by atoms with Crippen molar-refractivity contribution < 1.29 is 9.53 Å². The summed E-state index contributed by atoms with van der Waals surface area (Å²) < 4.78 is 5.66. The number of carbonyl (C=O) groups excluding carboxylic acids is 1. The molecule has 1 N–H and O–H groups in total. The van der Waals surface area contributed by atoms with Crippen LogP contribution in [-0.4, -0.2) is 36.5 Å². The Morgan fingerprint density at radius 3 is 2.64 bits per heavy atom. The topological polar surface area (TPSA) is 41.6 Å². The molecule has 4 heteroatoms. The van der Waals surface area contributed by atoms with Crippen molar-refractivity contribution in [1.82, 2.24) is 4.90 Å². The molecule has 0 spiro atoms. The number of para-hydroxylation sites is 1. The lowest BCUT2D eigenvalue weighted by atomic mass is 10.2. The highest BCUT2D eigenvalue weighted by Crippen LogP contribution is 2.19. The number of benzene rings is 2. The maximum absolute atomic E-state index is 12.7. The molecule has 0 radical (unpaired) electrons. The number of unbranched alkanes of at least 4 members (excludes halogenated alkanes) is 1. The number of ether oxygens (including phenoxy) is 1. The van der Waals surface area contributed by atoms with E-state index in [2.05, 4.69) is 24.4 Å². The molecule has 4 nitrogen and oxygen atoms in total. The Hall–Kier alpha value is -2.49. The van der Waals surface area contributed by atoms with Gasteiger partial charge in [0.25, 0.3) is 5.91 Å². The van der Waals surface area contributed by atoms with Crippen LogP contribution in [0.1, 0.15) is 36.5 Å². The maximum atomic E-state index is 12.7. The van der Waals surface area contributed by atoms with Crippen LogP contribution in [-0.2, 0) is 0 Å². The van der Waals surface area contributed by atoms with Crippen LogP contribution in [0.25, 0.3) is 0 Å². The molecule has 1 heterocycles. The second kappa shape index (κ2) is 8.56. The molecule has 1 aliphatic heterocycles. The molecule has 25 heavy (non-hydrogen) atoms. The number of amides is 1. The molecule has 1 fully saturated rings. The van der Waals surface area contributed by atoms with Gasteiger partial charge in [0.2, 0.25) is 0 Å². The fraction of sp³-hybridized carbons (Fsp3) is 0.381. The number of nitrogens with zero attached hydrogens (tertiary/aromatic N) is 1. The fourth-order valence-corrected chi connectivity index (χ4v) is 3.04. The van der Waals surface area contributed by atoms with Gasteiger partial charge in [-0.1, -0.05) is 31.5 Å². The minimum absolute atomic E-state index is 0.0949. The Labute approximate surface area is 149 Å². The lowest BCUT2D eigenvalue weighted by Crippen LogP contribution is -2.31. The molecule has 3 rings (SSSR count). The van der Waals surface area contributed by atoms with Gasteiger partial charge in [-0.2, -0.15) is 0 Å². The lowest BCUT2D eigenvalue weighted by Gasteiger charge is -2.18. The summed E-state index contributed by atoms with van der Waals surface area (Å²) in [7, 11) is 0. The van der Waals surface area contributed by atoms with Gasteiger partial charge in [-0.05, 0) is 49.2 Å². The third-order valence-corrected chi connectivity index (χ3v) is 4.49. The highest BCUT2D eigenvalue weighted by Gasteiger charge is 2.26. The molecule has 1 amide bonds. The van der Waals surface area contributed by atoms with Gasteiger partial charge >= 0.3 is 0 Å². The molecule has 0 bridgehead atoms. The van der Waals surface area contributed by atoms with E-state index in [-0.39, 0.29) is 5.91 Å². The third kappa shape index (κ3) is 4.75. The number of carbonyl (C=O) groups is 1. The SMILES string of the molecule is CCCCOc1ccc(C(=O)N2CCC(Nc3ccccc3)C2)cc1. The summed E-state index contributed by atoms with van der Waals surface area (Å²) in [6.07, 6.45) is 3.13. The number of hydrogen-bond donors (Lipinski definition) is 1. The summed E-state index contributed by atoms with van der Waals surface area (Å²) in [6, 6.07) is 18.0. The second-order valence-corrected chi connectivity index (χ2v) is 6.47. The first-order valence-electron chi connectivity index (χ1n) is 9.10. The first-order chi connectivity index (χ1) is 12.3. The van der Waals surface area contributed by atoms with Crippen molar-refractivity contribution in [3.63, 3.8) is 0 Å².